The molecule has 0 bridgehead atoms. The smallest absolute Gasteiger partial charge is 0.248 e. The molecular weight excluding hydrogens is 330 g/mol. The molecule has 7 nitrogen and oxygen atoms in total. The van der Waals surface area contributed by atoms with Gasteiger partial charge in [0, 0.05) is 45.2 Å². The van der Waals surface area contributed by atoms with Crippen LogP contribution in [0.1, 0.15) is 50.2 Å². The Morgan fingerprint density at radius 2 is 2.12 bits per heavy atom. The number of methoxy groups -OCH3 is 1. The maximum Gasteiger partial charge on any atom is 0.248 e. The van der Waals surface area contributed by atoms with Crippen LogP contribution in [-0.2, 0) is 14.9 Å². The number of fused-ring (bicyclic) bond motifs is 1. The minimum absolute atomic E-state index is 0.0218. The Morgan fingerprint density at radius 1 is 1.31 bits per heavy atom. The summed E-state index contributed by atoms with van der Waals surface area (Å²) in [6.45, 7) is 5.78. The molecular formula is C19H31N5O2. The fourth-order valence-corrected chi connectivity index (χ4v) is 5.32. The second kappa shape index (κ2) is 7.27. The highest BCUT2D eigenvalue weighted by Crippen LogP contribution is 2.45. The fraction of sp³-hybridized carbons (Fsp3) is 0.842. The highest BCUT2D eigenvalue weighted by Gasteiger charge is 2.54. The number of H-pyrrole nitrogens is 1. The van der Waals surface area contributed by atoms with Gasteiger partial charge >= 0.3 is 0 Å². The van der Waals surface area contributed by atoms with E-state index in [0.717, 1.165) is 44.2 Å². The Hall–Kier alpha value is -1.47. The van der Waals surface area contributed by atoms with Crippen molar-refractivity contribution in [3.63, 3.8) is 0 Å². The van der Waals surface area contributed by atoms with Crippen LogP contribution in [0.3, 0.4) is 0 Å². The molecule has 4 rings (SSSR count). The van der Waals surface area contributed by atoms with Crippen molar-refractivity contribution in [1.29, 1.82) is 0 Å². The van der Waals surface area contributed by atoms with Crippen LogP contribution >= 0.6 is 0 Å². The summed E-state index contributed by atoms with van der Waals surface area (Å²) in [5, 5.41) is 7.61. The van der Waals surface area contributed by atoms with E-state index in [1.807, 2.05) is 11.8 Å². The topological polar surface area (TPSA) is 74.3 Å². The SMILES string of the molecule is COCC(=O)N1CC[C@@]2(c3n[nH]c(C)n3)CN(C3CCCCC3)C[C@H]2C1. The fourth-order valence-electron chi connectivity index (χ4n) is 5.32. The maximum atomic E-state index is 12.4. The molecule has 3 heterocycles. The number of carbonyl (C=O) groups is 1. The largest absolute Gasteiger partial charge is 0.375 e. The van der Waals surface area contributed by atoms with E-state index >= 15 is 0 Å². The van der Waals surface area contributed by atoms with E-state index in [2.05, 4.69) is 15.1 Å². The van der Waals surface area contributed by atoms with Gasteiger partial charge in [-0.1, -0.05) is 19.3 Å². The molecule has 0 radical (unpaired) electrons. The summed E-state index contributed by atoms with van der Waals surface area (Å²) in [7, 11) is 1.59. The number of likely N-dealkylation sites (tertiary alicyclic amines) is 2. The minimum atomic E-state index is -0.0218. The number of rotatable bonds is 4. The summed E-state index contributed by atoms with van der Waals surface area (Å²) in [5.41, 5.74) is -0.0218. The number of carbonyl (C=O) groups excluding carboxylic acids is 1. The van der Waals surface area contributed by atoms with Gasteiger partial charge in [0.2, 0.25) is 5.91 Å². The quantitative estimate of drug-likeness (QED) is 0.880. The molecule has 144 valence electrons. The van der Waals surface area contributed by atoms with Crippen LogP contribution in [0.25, 0.3) is 0 Å². The zero-order valence-corrected chi connectivity index (χ0v) is 16.0. The van der Waals surface area contributed by atoms with Gasteiger partial charge in [-0.3, -0.25) is 14.8 Å². The van der Waals surface area contributed by atoms with Gasteiger partial charge in [0.1, 0.15) is 12.4 Å². The number of amides is 1. The van der Waals surface area contributed by atoms with Crippen molar-refractivity contribution in [2.45, 2.75) is 56.9 Å². The number of aromatic nitrogens is 3. The average molecular weight is 361 g/mol. The third kappa shape index (κ3) is 3.16. The number of nitrogens with zero attached hydrogens (tertiary/aromatic N) is 4. The summed E-state index contributed by atoms with van der Waals surface area (Å²) in [4.78, 5) is 21.8. The van der Waals surface area contributed by atoms with Gasteiger partial charge in [0.05, 0.1) is 5.41 Å². The maximum absolute atomic E-state index is 12.4. The van der Waals surface area contributed by atoms with Crippen molar-refractivity contribution < 1.29 is 9.53 Å². The molecule has 0 unspecified atom stereocenters. The first-order valence-corrected chi connectivity index (χ1v) is 10.0. The Morgan fingerprint density at radius 3 is 2.81 bits per heavy atom. The first kappa shape index (κ1) is 17.9. The van der Waals surface area contributed by atoms with E-state index in [4.69, 9.17) is 9.72 Å². The second-order valence-electron chi connectivity index (χ2n) is 8.34. The molecule has 2 aliphatic heterocycles. The van der Waals surface area contributed by atoms with Crippen LogP contribution in [0.4, 0.5) is 0 Å². The highest BCUT2D eigenvalue weighted by molar-refractivity contribution is 5.77. The number of aryl methyl sites for hydroxylation is 1. The lowest BCUT2D eigenvalue weighted by atomic mass is 9.72. The third-order valence-electron chi connectivity index (χ3n) is 6.74. The van der Waals surface area contributed by atoms with Crippen LogP contribution < -0.4 is 0 Å². The number of nitrogens with one attached hydrogen (secondary N) is 1. The van der Waals surface area contributed by atoms with E-state index in [1.54, 1.807) is 7.11 Å². The van der Waals surface area contributed by atoms with Gasteiger partial charge in [0.25, 0.3) is 0 Å². The van der Waals surface area contributed by atoms with Crippen molar-refractivity contribution in [1.82, 2.24) is 25.0 Å². The van der Waals surface area contributed by atoms with Crippen molar-refractivity contribution in [3.8, 4) is 0 Å². The Labute approximate surface area is 155 Å². The number of ether oxygens (including phenoxy) is 1. The molecule has 2 atom stereocenters. The normalized spacial score (nSPS) is 30.5. The summed E-state index contributed by atoms with van der Waals surface area (Å²) >= 11 is 0. The Bertz CT molecular complexity index is 642. The number of hydrogen-bond donors (Lipinski definition) is 1. The first-order valence-electron chi connectivity index (χ1n) is 10.0. The van der Waals surface area contributed by atoms with Crippen LogP contribution in [0.15, 0.2) is 0 Å². The number of aromatic amines is 1. The van der Waals surface area contributed by atoms with Gasteiger partial charge in [-0.25, -0.2) is 4.98 Å². The predicted octanol–water partition coefficient (Wildman–Crippen LogP) is 1.49. The minimum Gasteiger partial charge on any atom is -0.375 e. The van der Waals surface area contributed by atoms with E-state index in [0.29, 0.717) is 12.0 Å². The molecule has 1 aliphatic carbocycles. The zero-order valence-electron chi connectivity index (χ0n) is 16.0. The lowest BCUT2D eigenvalue weighted by Crippen LogP contribution is -2.52. The van der Waals surface area contributed by atoms with Crippen molar-refractivity contribution >= 4 is 5.91 Å². The second-order valence-corrected chi connectivity index (χ2v) is 8.34. The van der Waals surface area contributed by atoms with Gasteiger partial charge in [-0.05, 0) is 26.2 Å². The van der Waals surface area contributed by atoms with E-state index < -0.39 is 0 Å². The van der Waals surface area contributed by atoms with Gasteiger partial charge < -0.3 is 9.64 Å². The van der Waals surface area contributed by atoms with Gasteiger partial charge in [-0.15, -0.1) is 0 Å². The Balaban J connectivity index is 1.57. The number of hydrogen-bond acceptors (Lipinski definition) is 5. The van der Waals surface area contributed by atoms with E-state index in [-0.39, 0.29) is 17.9 Å². The standard InChI is InChI=1S/C19H31N5O2/c1-14-20-18(22-21-14)19-8-9-23(17(25)12-26-2)10-15(19)11-24(13-19)16-6-4-3-5-7-16/h15-16H,3-13H2,1-2H3,(H,20,21,22)/t15-,19-/m1/s1. The highest BCUT2D eigenvalue weighted by atomic mass is 16.5. The molecule has 0 spiro atoms. The molecule has 3 aliphatic rings. The third-order valence-corrected chi connectivity index (χ3v) is 6.74. The molecule has 1 amide bonds. The van der Waals surface area contributed by atoms with E-state index in [1.165, 1.54) is 32.1 Å². The lowest BCUT2D eigenvalue weighted by Gasteiger charge is -2.42. The van der Waals surface area contributed by atoms with Crippen molar-refractivity contribution in [2.75, 3.05) is 39.9 Å². The Kier molecular flexibility index (Phi) is 5.01. The average Bonchev–Trinajstić information content (AvgIpc) is 3.26. The van der Waals surface area contributed by atoms with Crippen LogP contribution in [-0.4, -0.2) is 76.8 Å². The first-order chi connectivity index (χ1) is 12.6. The molecule has 2 saturated heterocycles. The van der Waals surface area contributed by atoms with Crippen molar-refractivity contribution in [3.05, 3.63) is 11.6 Å². The summed E-state index contributed by atoms with van der Waals surface area (Å²) in [5.74, 6) is 2.33. The molecule has 3 fully saturated rings. The lowest BCUT2D eigenvalue weighted by molar-refractivity contribution is -0.137. The predicted molar refractivity (Wildman–Crippen MR) is 97.8 cm³/mol. The van der Waals surface area contributed by atoms with Crippen LogP contribution in [0.2, 0.25) is 0 Å². The molecule has 0 aromatic carbocycles. The molecule has 7 heteroatoms. The zero-order chi connectivity index (χ0) is 18.1. The van der Waals surface area contributed by atoms with Gasteiger partial charge in [-0.2, -0.15) is 5.10 Å². The molecule has 26 heavy (non-hydrogen) atoms. The summed E-state index contributed by atoms with van der Waals surface area (Å²) in [6.07, 6.45) is 7.62. The molecule has 1 aromatic rings. The van der Waals surface area contributed by atoms with Crippen LogP contribution in [0, 0.1) is 12.8 Å². The molecule has 1 aromatic heterocycles. The van der Waals surface area contributed by atoms with Crippen molar-refractivity contribution in [2.24, 2.45) is 5.92 Å². The summed E-state index contributed by atoms with van der Waals surface area (Å²) < 4.78 is 5.07. The van der Waals surface area contributed by atoms with E-state index in [9.17, 15) is 4.79 Å². The van der Waals surface area contributed by atoms with Crippen LogP contribution in [0.5, 0.6) is 0 Å². The number of piperidine rings is 1. The monoisotopic (exact) mass is 361 g/mol. The molecule has 1 saturated carbocycles. The van der Waals surface area contributed by atoms with Gasteiger partial charge in [0.15, 0.2) is 5.82 Å². The molecule has 1 N–H and O–H groups in total. The summed E-state index contributed by atoms with van der Waals surface area (Å²) in [6, 6.07) is 0.689.